The largest absolute Gasteiger partial charge is 0.490 e. The second kappa shape index (κ2) is 4.89. The highest BCUT2D eigenvalue weighted by Crippen LogP contribution is 2.41. The van der Waals surface area contributed by atoms with E-state index in [1.807, 2.05) is 0 Å². The van der Waals surface area contributed by atoms with Gasteiger partial charge in [0.25, 0.3) is 0 Å². The Morgan fingerprint density at radius 3 is 2.59 bits per heavy atom. The second-order valence-electron chi connectivity index (χ2n) is 4.76. The number of hydrogen-bond acceptors (Lipinski definition) is 2. The van der Waals surface area contributed by atoms with E-state index in [9.17, 15) is 0 Å². The van der Waals surface area contributed by atoms with Crippen LogP contribution in [0, 0.1) is 0 Å². The van der Waals surface area contributed by atoms with Crippen molar-refractivity contribution in [3.8, 4) is 11.5 Å². The molecule has 0 radical (unpaired) electrons. The first kappa shape index (κ1) is 11.4. The highest BCUT2D eigenvalue weighted by Gasteiger charge is 2.20. The Balaban J connectivity index is 2.03. The van der Waals surface area contributed by atoms with Crippen LogP contribution in [0.25, 0.3) is 0 Å². The predicted octanol–water partition coefficient (Wildman–Crippen LogP) is 4.01. The van der Waals surface area contributed by atoms with Gasteiger partial charge in [-0.05, 0) is 42.5 Å². The summed E-state index contributed by atoms with van der Waals surface area (Å²) in [6.07, 6.45) is 5.91. The van der Waals surface area contributed by atoms with E-state index >= 15 is 0 Å². The summed E-state index contributed by atoms with van der Waals surface area (Å²) in [4.78, 5) is 0.470. The van der Waals surface area contributed by atoms with Gasteiger partial charge < -0.3 is 9.47 Å². The van der Waals surface area contributed by atoms with Gasteiger partial charge >= 0.3 is 0 Å². The summed E-state index contributed by atoms with van der Waals surface area (Å²) in [6.45, 7) is 1.53. The average molecular weight is 297 g/mol. The van der Waals surface area contributed by atoms with Crippen molar-refractivity contribution in [2.24, 2.45) is 0 Å². The maximum Gasteiger partial charge on any atom is 0.161 e. The molecule has 1 aromatic rings. The molecule has 0 saturated carbocycles. The van der Waals surface area contributed by atoms with E-state index < -0.39 is 0 Å². The fraction of sp³-hybridized carbons (Fsp3) is 0.571. The Kier molecular flexibility index (Phi) is 3.28. The third-order valence-electron chi connectivity index (χ3n) is 3.50. The average Bonchev–Trinajstić information content (AvgIpc) is 2.66. The van der Waals surface area contributed by atoms with Crippen LogP contribution in [0.15, 0.2) is 12.1 Å². The first-order valence-electron chi connectivity index (χ1n) is 6.41. The first-order chi connectivity index (χ1) is 8.34. The van der Waals surface area contributed by atoms with Gasteiger partial charge in [0.2, 0.25) is 0 Å². The molecule has 0 amide bonds. The minimum atomic E-state index is 0.470. The minimum Gasteiger partial charge on any atom is -0.490 e. The summed E-state index contributed by atoms with van der Waals surface area (Å²) >= 11 is 3.79. The molecule has 2 nitrogen and oxygen atoms in total. The number of halogens is 1. The lowest BCUT2D eigenvalue weighted by molar-refractivity contribution is 0.297. The zero-order valence-electron chi connectivity index (χ0n) is 9.88. The number of alkyl halides is 1. The summed E-state index contributed by atoms with van der Waals surface area (Å²) in [5, 5.41) is 0. The fourth-order valence-electron chi connectivity index (χ4n) is 2.57. The van der Waals surface area contributed by atoms with Crippen molar-refractivity contribution in [3.05, 3.63) is 23.3 Å². The molecule has 0 fully saturated rings. The maximum absolute atomic E-state index is 5.76. The van der Waals surface area contributed by atoms with Crippen LogP contribution in [0.4, 0.5) is 0 Å². The number of hydrogen-bond donors (Lipinski definition) is 0. The van der Waals surface area contributed by atoms with Crippen LogP contribution in [0.2, 0.25) is 0 Å². The molecule has 1 aromatic carbocycles. The molecular weight excluding hydrogens is 280 g/mol. The van der Waals surface area contributed by atoms with E-state index in [0.717, 1.165) is 37.6 Å². The molecule has 2 aliphatic rings. The van der Waals surface area contributed by atoms with Crippen molar-refractivity contribution in [1.29, 1.82) is 0 Å². The number of rotatable bonds is 0. The molecule has 1 heterocycles. The van der Waals surface area contributed by atoms with Crippen LogP contribution in [0.3, 0.4) is 0 Å². The molecule has 0 saturated heterocycles. The van der Waals surface area contributed by atoms with Gasteiger partial charge in [-0.3, -0.25) is 0 Å². The van der Waals surface area contributed by atoms with Gasteiger partial charge in [0, 0.05) is 11.2 Å². The van der Waals surface area contributed by atoms with E-state index in [4.69, 9.17) is 9.47 Å². The maximum atomic E-state index is 5.76. The lowest BCUT2D eigenvalue weighted by Crippen LogP contribution is -1.98. The summed E-state index contributed by atoms with van der Waals surface area (Å²) in [5.74, 6) is 1.86. The second-order valence-corrected chi connectivity index (χ2v) is 5.87. The monoisotopic (exact) mass is 296 g/mol. The minimum absolute atomic E-state index is 0.470. The van der Waals surface area contributed by atoms with Crippen molar-refractivity contribution in [2.75, 3.05) is 13.2 Å². The Labute approximate surface area is 110 Å². The summed E-state index contributed by atoms with van der Waals surface area (Å²) < 4.78 is 11.5. The summed E-state index contributed by atoms with van der Waals surface area (Å²) in [5.41, 5.74) is 2.82. The lowest BCUT2D eigenvalue weighted by atomic mass is 10.0. The molecule has 3 heteroatoms. The van der Waals surface area contributed by atoms with Crippen LogP contribution >= 0.6 is 15.9 Å². The Morgan fingerprint density at radius 1 is 1.00 bits per heavy atom. The molecule has 1 unspecified atom stereocenters. The number of aryl methyl sites for hydroxylation is 1. The van der Waals surface area contributed by atoms with Gasteiger partial charge in [0.15, 0.2) is 11.5 Å². The van der Waals surface area contributed by atoms with Gasteiger partial charge in [-0.25, -0.2) is 0 Å². The zero-order chi connectivity index (χ0) is 11.7. The summed E-state index contributed by atoms with van der Waals surface area (Å²) in [6, 6.07) is 4.37. The normalized spacial score (nSPS) is 23.5. The lowest BCUT2D eigenvalue weighted by Gasteiger charge is -2.15. The molecule has 1 aliphatic heterocycles. The van der Waals surface area contributed by atoms with Crippen molar-refractivity contribution in [3.63, 3.8) is 0 Å². The molecule has 17 heavy (non-hydrogen) atoms. The molecule has 0 aromatic heterocycles. The molecule has 92 valence electrons. The van der Waals surface area contributed by atoms with Crippen LogP contribution < -0.4 is 9.47 Å². The number of fused-ring (bicyclic) bond motifs is 2. The third kappa shape index (κ3) is 2.30. The number of ether oxygens (including phenoxy) is 2. The van der Waals surface area contributed by atoms with Crippen molar-refractivity contribution < 1.29 is 9.47 Å². The highest BCUT2D eigenvalue weighted by molar-refractivity contribution is 9.09. The molecule has 1 atom stereocenters. The molecule has 0 spiro atoms. The Hall–Kier alpha value is -0.700. The van der Waals surface area contributed by atoms with Crippen molar-refractivity contribution >= 4 is 15.9 Å². The molecule has 0 N–H and O–H groups in total. The molecule has 1 aliphatic carbocycles. The van der Waals surface area contributed by atoms with E-state index in [1.54, 1.807) is 0 Å². The van der Waals surface area contributed by atoms with E-state index in [2.05, 4.69) is 28.1 Å². The smallest absolute Gasteiger partial charge is 0.161 e. The van der Waals surface area contributed by atoms with Crippen LogP contribution in [-0.2, 0) is 6.42 Å². The van der Waals surface area contributed by atoms with E-state index in [-0.39, 0.29) is 0 Å². The number of benzene rings is 1. The molecule has 0 bridgehead atoms. The van der Waals surface area contributed by atoms with Crippen LogP contribution in [0.1, 0.15) is 41.6 Å². The SMILES string of the molecule is BrC1CCCCc2cc3c(cc21)OCCCO3. The first-order valence-corrected chi connectivity index (χ1v) is 7.32. The van der Waals surface area contributed by atoms with Crippen LogP contribution in [-0.4, -0.2) is 13.2 Å². The topological polar surface area (TPSA) is 18.5 Å². The van der Waals surface area contributed by atoms with Gasteiger partial charge in [-0.2, -0.15) is 0 Å². The standard InChI is InChI=1S/C14H17BrO2/c15-12-5-2-1-4-10-8-13-14(9-11(10)12)17-7-3-6-16-13/h8-9,12H,1-7H2. The van der Waals surface area contributed by atoms with Crippen molar-refractivity contribution in [1.82, 2.24) is 0 Å². The van der Waals surface area contributed by atoms with E-state index in [1.165, 1.54) is 30.4 Å². The molecule has 3 rings (SSSR count). The summed E-state index contributed by atoms with van der Waals surface area (Å²) in [7, 11) is 0. The zero-order valence-corrected chi connectivity index (χ0v) is 11.5. The quantitative estimate of drug-likeness (QED) is 0.532. The highest BCUT2D eigenvalue weighted by atomic mass is 79.9. The van der Waals surface area contributed by atoms with Crippen LogP contribution in [0.5, 0.6) is 11.5 Å². The van der Waals surface area contributed by atoms with Gasteiger partial charge in [-0.15, -0.1) is 0 Å². The third-order valence-corrected chi connectivity index (χ3v) is 4.45. The van der Waals surface area contributed by atoms with Gasteiger partial charge in [0.05, 0.1) is 13.2 Å². The van der Waals surface area contributed by atoms with E-state index in [0.29, 0.717) is 4.83 Å². The fourth-order valence-corrected chi connectivity index (χ4v) is 3.32. The predicted molar refractivity (Wildman–Crippen MR) is 71.3 cm³/mol. The Bertz CT molecular complexity index is 417. The molecular formula is C14H17BrO2. The van der Waals surface area contributed by atoms with Crippen molar-refractivity contribution in [2.45, 2.75) is 36.9 Å². The van der Waals surface area contributed by atoms with Gasteiger partial charge in [-0.1, -0.05) is 22.4 Å². The van der Waals surface area contributed by atoms with Gasteiger partial charge in [0.1, 0.15) is 0 Å². The Morgan fingerprint density at radius 2 is 1.76 bits per heavy atom.